The van der Waals surface area contributed by atoms with Gasteiger partial charge in [0, 0.05) is 37.8 Å². The summed E-state index contributed by atoms with van der Waals surface area (Å²) in [5.41, 5.74) is 1.00. The zero-order valence-corrected chi connectivity index (χ0v) is 13.0. The predicted molar refractivity (Wildman–Crippen MR) is 81.7 cm³/mol. The Morgan fingerprint density at radius 2 is 2.14 bits per heavy atom. The lowest BCUT2D eigenvalue weighted by Gasteiger charge is -2.32. The Morgan fingerprint density at radius 1 is 1.32 bits per heavy atom. The number of ether oxygens (including phenoxy) is 1. The van der Waals surface area contributed by atoms with Gasteiger partial charge in [0.1, 0.15) is 17.9 Å². The number of piperidine rings is 1. The molecule has 0 aliphatic carbocycles. The number of anilines is 1. The van der Waals surface area contributed by atoms with Gasteiger partial charge in [-0.1, -0.05) is 5.16 Å². The van der Waals surface area contributed by atoms with Gasteiger partial charge in [-0.05, 0) is 19.8 Å². The van der Waals surface area contributed by atoms with Crippen LogP contribution in [0.4, 0.5) is 5.82 Å². The van der Waals surface area contributed by atoms with Gasteiger partial charge in [-0.3, -0.25) is 4.90 Å². The SMILES string of the molecule is COc1cc(NC2CCN(Cc3cc(C)on3)CC2)ncn1. The fraction of sp³-hybridized carbons (Fsp3) is 0.533. The Hall–Kier alpha value is -2.15. The van der Waals surface area contributed by atoms with E-state index in [1.165, 1.54) is 6.33 Å². The molecule has 1 aliphatic rings. The number of likely N-dealkylation sites (tertiary alicyclic amines) is 1. The van der Waals surface area contributed by atoms with Crippen LogP contribution in [0.3, 0.4) is 0 Å². The highest BCUT2D eigenvalue weighted by Gasteiger charge is 2.20. The summed E-state index contributed by atoms with van der Waals surface area (Å²) in [6.45, 7) is 4.84. The van der Waals surface area contributed by atoms with Crippen molar-refractivity contribution in [3.8, 4) is 5.88 Å². The lowest BCUT2D eigenvalue weighted by atomic mass is 10.0. The smallest absolute Gasteiger partial charge is 0.218 e. The summed E-state index contributed by atoms with van der Waals surface area (Å²) in [4.78, 5) is 10.6. The van der Waals surface area contributed by atoms with E-state index in [0.29, 0.717) is 11.9 Å². The number of nitrogens with one attached hydrogen (secondary N) is 1. The maximum atomic E-state index is 5.11. The van der Waals surface area contributed by atoms with Crippen molar-refractivity contribution in [1.82, 2.24) is 20.0 Å². The fourth-order valence-electron chi connectivity index (χ4n) is 2.70. The highest BCUT2D eigenvalue weighted by molar-refractivity contribution is 5.38. The van der Waals surface area contributed by atoms with Crippen LogP contribution in [-0.2, 0) is 6.54 Å². The molecule has 0 saturated carbocycles. The molecule has 0 unspecified atom stereocenters. The molecule has 0 bridgehead atoms. The Morgan fingerprint density at radius 3 is 2.82 bits per heavy atom. The Kier molecular flexibility index (Phi) is 4.53. The Bertz CT molecular complexity index is 607. The van der Waals surface area contributed by atoms with Gasteiger partial charge in [-0.2, -0.15) is 0 Å². The van der Waals surface area contributed by atoms with Gasteiger partial charge in [0.15, 0.2) is 0 Å². The first-order valence-corrected chi connectivity index (χ1v) is 7.50. The molecule has 2 aromatic heterocycles. The average Bonchev–Trinajstić information content (AvgIpc) is 2.94. The first-order valence-electron chi connectivity index (χ1n) is 7.50. The third-order valence-corrected chi connectivity index (χ3v) is 3.85. The molecule has 7 heteroatoms. The van der Waals surface area contributed by atoms with Crippen LogP contribution in [0.15, 0.2) is 23.0 Å². The lowest BCUT2D eigenvalue weighted by molar-refractivity contribution is 0.205. The number of hydrogen-bond acceptors (Lipinski definition) is 7. The van der Waals surface area contributed by atoms with E-state index in [2.05, 4.69) is 25.3 Å². The molecule has 2 aromatic rings. The van der Waals surface area contributed by atoms with E-state index in [9.17, 15) is 0 Å². The minimum Gasteiger partial charge on any atom is -0.481 e. The molecule has 0 amide bonds. The number of methoxy groups -OCH3 is 1. The number of aromatic nitrogens is 3. The van der Waals surface area contributed by atoms with Crippen LogP contribution in [0.5, 0.6) is 5.88 Å². The van der Waals surface area contributed by atoms with E-state index in [-0.39, 0.29) is 0 Å². The molecule has 22 heavy (non-hydrogen) atoms. The van der Waals surface area contributed by atoms with Crippen molar-refractivity contribution in [3.63, 3.8) is 0 Å². The molecule has 0 atom stereocenters. The van der Waals surface area contributed by atoms with E-state index in [1.807, 2.05) is 19.1 Å². The topological polar surface area (TPSA) is 76.3 Å². The maximum Gasteiger partial charge on any atom is 0.218 e. The monoisotopic (exact) mass is 303 g/mol. The number of rotatable bonds is 5. The molecule has 1 saturated heterocycles. The highest BCUT2D eigenvalue weighted by atomic mass is 16.5. The zero-order valence-electron chi connectivity index (χ0n) is 13.0. The first-order chi connectivity index (χ1) is 10.7. The summed E-state index contributed by atoms with van der Waals surface area (Å²) in [5.74, 6) is 2.26. The van der Waals surface area contributed by atoms with Gasteiger partial charge in [-0.25, -0.2) is 9.97 Å². The summed E-state index contributed by atoms with van der Waals surface area (Å²) in [6.07, 6.45) is 3.66. The molecule has 118 valence electrons. The summed E-state index contributed by atoms with van der Waals surface area (Å²) in [5, 5.41) is 7.50. The minimum atomic E-state index is 0.426. The number of hydrogen-bond donors (Lipinski definition) is 1. The standard InChI is InChI=1S/C15H21N5O2/c1-11-7-13(19-22-11)9-20-5-3-12(4-6-20)18-14-8-15(21-2)17-10-16-14/h7-8,10,12H,3-6,9H2,1-2H3,(H,16,17,18). The first kappa shape index (κ1) is 14.8. The minimum absolute atomic E-state index is 0.426. The van der Waals surface area contributed by atoms with Gasteiger partial charge >= 0.3 is 0 Å². The van der Waals surface area contributed by atoms with Crippen LogP contribution >= 0.6 is 0 Å². The van der Waals surface area contributed by atoms with Crippen molar-refractivity contribution >= 4 is 5.82 Å². The summed E-state index contributed by atoms with van der Waals surface area (Å²) in [7, 11) is 1.61. The van der Waals surface area contributed by atoms with Crippen molar-refractivity contribution < 1.29 is 9.26 Å². The van der Waals surface area contributed by atoms with Gasteiger partial charge in [0.05, 0.1) is 12.8 Å². The molecular formula is C15H21N5O2. The van der Waals surface area contributed by atoms with Crippen LogP contribution in [0.25, 0.3) is 0 Å². The van der Waals surface area contributed by atoms with Gasteiger partial charge in [0.2, 0.25) is 5.88 Å². The number of aryl methyl sites for hydroxylation is 1. The van der Waals surface area contributed by atoms with E-state index in [1.54, 1.807) is 7.11 Å². The Balaban J connectivity index is 1.49. The van der Waals surface area contributed by atoms with Crippen LogP contribution in [0.1, 0.15) is 24.3 Å². The van der Waals surface area contributed by atoms with E-state index in [4.69, 9.17) is 9.26 Å². The van der Waals surface area contributed by atoms with Crippen LogP contribution < -0.4 is 10.1 Å². The van der Waals surface area contributed by atoms with Crippen molar-refractivity contribution in [1.29, 1.82) is 0 Å². The summed E-state index contributed by atoms with van der Waals surface area (Å²) in [6, 6.07) is 4.25. The van der Waals surface area contributed by atoms with Gasteiger partial charge < -0.3 is 14.6 Å². The highest BCUT2D eigenvalue weighted by Crippen LogP contribution is 2.18. The summed E-state index contributed by atoms with van der Waals surface area (Å²) >= 11 is 0. The van der Waals surface area contributed by atoms with E-state index < -0.39 is 0 Å². The summed E-state index contributed by atoms with van der Waals surface area (Å²) < 4.78 is 10.2. The van der Waals surface area contributed by atoms with Gasteiger partial charge in [-0.15, -0.1) is 0 Å². The van der Waals surface area contributed by atoms with E-state index >= 15 is 0 Å². The molecule has 0 spiro atoms. The molecule has 0 aromatic carbocycles. The van der Waals surface area contributed by atoms with Crippen LogP contribution in [0, 0.1) is 6.92 Å². The number of nitrogens with zero attached hydrogens (tertiary/aromatic N) is 4. The van der Waals surface area contributed by atoms with Crippen molar-refractivity contribution in [2.24, 2.45) is 0 Å². The van der Waals surface area contributed by atoms with Crippen LogP contribution in [-0.4, -0.2) is 46.3 Å². The predicted octanol–water partition coefficient (Wildman–Crippen LogP) is 1.86. The quantitative estimate of drug-likeness (QED) is 0.903. The van der Waals surface area contributed by atoms with E-state index in [0.717, 1.165) is 49.7 Å². The molecule has 7 nitrogen and oxygen atoms in total. The van der Waals surface area contributed by atoms with Gasteiger partial charge in [0.25, 0.3) is 0 Å². The second-order valence-electron chi connectivity index (χ2n) is 5.57. The third kappa shape index (κ3) is 3.73. The second-order valence-corrected chi connectivity index (χ2v) is 5.57. The third-order valence-electron chi connectivity index (χ3n) is 3.85. The van der Waals surface area contributed by atoms with Crippen LogP contribution in [0.2, 0.25) is 0 Å². The maximum absolute atomic E-state index is 5.11. The normalized spacial score (nSPS) is 16.6. The molecule has 3 heterocycles. The Labute approximate surface area is 129 Å². The van der Waals surface area contributed by atoms with Crippen molar-refractivity contribution in [2.45, 2.75) is 32.4 Å². The molecule has 1 N–H and O–H groups in total. The van der Waals surface area contributed by atoms with Crippen molar-refractivity contribution in [2.75, 3.05) is 25.5 Å². The largest absolute Gasteiger partial charge is 0.481 e. The second kappa shape index (κ2) is 6.74. The molecule has 1 aliphatic heterocycles. The molecule has 1 fully saturated rings. The van der Waals surface area contributed by atoms with Crippen molar-refractivity contribution in [3.05, 3.63) is 29.9 Å². The zero-order chi connectivity index (χ0) is 15.4. The fourth-order valence-corrected chi connectivity index (χ4v) is 2.70. The average molecular weight is 303 g/mol. The molecular weight excluding hydrogens is 282 g/mol. The molecule has 3 rings (SSSR count). The molecule has 0 radical (unpaired) electrons. The lowest BCUT2D eigenvalue weighted by Crippen LogP contribution is -2.38.